The molecule has 1 aliphatic rings. The van der Waals surface area contributed by atoms with E-state index in [2.05, 4.69) is 18.6 Å². The molecule has 0 aromatic carbocycles. The van der Waals surface area contributed by atoms with Crippen molar-refractivity contribution in [3.05, 3.63) is 0 Å². The quantitative estimate of drug-likeness (QED) is 0.571. The van der Waals surface area contributed by atoms with Gasteiger partial charge in [-0.3, -0.25) is 0 Å². The molecule has 10 heavy (non-hydrogen) atoms. The van der Waals surface area contributed by atoms with E-state index in [0.29, 0.717) is 5.41 Å². The molecule has 0 aromatic heterocycles. The number of carboxylic acid groups (broad SMARTS) is 1. The van der Waals surface area contributed by atoms with Gasteiger partial charge in [0.2, 0.25) is 0 Å². The molecule has 3 heteroatoms. The van der Waals surface area contributed by atoms with Crippen LogP contribution in [0.2, 0.25) is 0 Å². The predicted molar refractivity (Wildman–Crippen MR) is 35.9 cm³/mol. The van der Waals surface area contributed by atoms with Crippen LogP contribution < -0.4 is 0 Å². The summed E-state index contributed by atoms with van der Waals surface area (Å²) in [6.07, 6.45) is 0.520. The van der Waals surface area contributed by atoms with E-state index in [1.165, 1.54) is 0 Å². The average Bonchev–Trinajstić information content (AvgIpc) is 1.57. The summed E-state index contributed by atoms with van der Waals surface area (Å²) in [4.78, 5) is 9.99. The van der Waals surface area contributed by atoms with Gasteiger partial charge in [-0.1, -0.05) is 13.8 Å². The molecule has 1 fully saturated rings. The van der Waals surface area contributed by atoms with Gasteiger partial charge in [0.15, 0.2) is 0 Å². The first-order chi connectivity index (χ1) is 4.49. The van der Waals surface area contributed by atoms with Crippen molar-refractivity contribution in [1.29, 1.82) is 0 Å². The van der Waals surface area contributed by atoms with Crippen molar-refractivity contribution in [2.24, 2.45) is 5.41 Å². The molecule has 1 saturated carbocycles. The van der Waals surface area contributed by atoms with Gasteiger partial charge in [-0.05, 0) is 18.3 Å². The standard InChI is InChI=1S/C7H12O3/c1-7(2)3-5(4-7)10-6(8)9/h5H,3-4H2,1-2H3,(H,8,9). The largest absolute Gasteiger partial charge is 0.506 e. The van der Waals surface area contributed by atoms with Gasteiger partial charge in [0.1, 0.15) is 6.10 Å². The molecule has 1 rings (SSSR count). The maximum absolute atomic E-state index is 9.99. The summed E-state index contributed by atoms with van der Waals surface area (Å²) in [5.41, 5.74) is 0.292. The molecule has 0 aliphatic heterocycles. The minimum atomic E-state index is -1.15. The minimum Gasteiger partial charge on any atom is -0.450 e. The minimum absolute atomic E-state index is 0.0486. The van der Waals surface area contributed by atoms with Crippen LogP contribution in [0.5, 0.6) is 0 Å². The van der Waals surface area contributed by atoms with Crippen molar-refractivity contribution < 1.29 is 14.6 Å². The Kier molecular flexibility index (Phi) is 1.58. The van der Waals surface area contributed by atoms with Crippen molar-refractivity contribution in [2.45, 2.75) is 32.8 Å². The van der Waals surface area contributed by atoms with E-state index in [-0.39, 0.29) is 6.10 Å². The zero-order valence-electron chi connectivity index (χ0n) is 6.26. The van der Waals surface area contributed by atoms with Gasteiger partial charge in [-0.15, -0.1) is 0 Å². The molecule has 0 atom stereocenters. The van der Waals surface area contributed by atoms with E-state index < -0.39 is 6.16 Å². The molecule has 0 aromatic rings. The molecule has 0 amide bonds. The van der Waals surface area contributed by atoms with Crippen LogP contribution >= 0.6 is 0 Å². The fourth-order valence-electron chi connectivity index (χ4n) is 1.40. The number of carbonyl (C=O) groups is 1. The zero-order chi connectivity index (χ0) is 7.78. The Morgan fingerprint density at radius 1 is 1.60 bits per heavy atom. The summed E-state index contributed by atoms with van der Waals surface area (Å²) >= 11 is 0. The molecule has 58 valence electrons. The maximum Gasteiger partial charge on any atom is 0.506 e. The highest BCUT2D eigenvalue weighted by molar-refractivity contribution is 5.57. The summed E-state index contributed by atoms with van der Waals surface area (Å²) < 4.78 is 4.54. The molecule has 0 radical (unpaired) electrons. The third-order valence-corrected chi connectivity index (χ3v) is 1.83. The molecule has 0 unspecified atom stereocenters. The molecule has 0 spiro atoms. The Morgan fingerprint density at radius 3 is 2.40 bits per heavy atom. The molecule has 0 saturated heterocycles. The van der Waals surface area contributed by atoms with E-state index in [1.54, 1.807) is 0 Å². The highest BCUT2D eigenvalue weighted by Gasteiger charge is 2.38. The second-order valence-electron chi connectivity index (χ2n) is 3.58. The van der Waals surface area contributed by atoms with Crippen LogP contribution in [0.1, 0.15) is 26.7 Å². The van der Waals surface area contributed by atoms with E-state index >= 15 is 0 Å². The molecule has 0 bridgehead atoms. The van der Waals surface area contributed by atoms with Crippen molar-refractivity contribution >= 4 is 6.16 Å². The second-order valence-corrected chi connectivity index (χ2v) is 3.58. The number of hydrogen-bond donors (Lipinski definition) is 1. The number of rotatable bonds is 1. The van der Waals surface area contributed by atoms with Crippen LogP contribution in [-0.4, -0.2) is 17.4 Å². The lowest BCUT2D eigenvalue weighted by molar-refractivity contribution is -0.0417. The van der Waals surface area contributed by atoms with Gasteiger partial charge < -0.3 is 9.84 Å². The molecular weight excluding hydrogens is 132 g/mol. The van der Waals surface area contributed by atoms with Gasteiger partial charge in [0, 0.05) is 0 Å². The Labute approximate surface area is 60.0 Å². The highest BCUT2D eigenvalue weighted by Crippen LogP contribution is 2.41. The van der Waals surface area contributed by atoms with Crippen molar-refractivity contribution in [3.63, 3.8) is 0 Å². The zero-order valence-corrected chi connectivity index (χ0v) is 6.26. The highest BCUT2D eigenvalue weighted by atomic mass is 16.7. The molecule has 3 nitrogen and oxygen atoms in total. The van der Waals surface area contributed by atoms with E-state index in [1.807, 2.05) is 0 Å². The monoisotopic (exact) mass is 144 g/mol. The van der Waals surface area contributed by atoms with Crippen molar-refractivity contribution in [3.8, 4) is 0 Å². The third kappa shape index (κ3) is 1.62. The molecule has 0 heterocycles. The van der Waals surface area contributed by atoms with Gasteiger partial charge in [0.05, 0.1) is 0 Å². The first-order valence-electron chi connectivity index (χ1n) is 3.39. The number of ether oxygens (including phenoxy) is 1. The lowest BCUT2D eigenvalue weighted by Gasteiger charge is -2.40. The summed E-state index contributed by atoms with van der Waals surface area (Å²) in [6.45, 7) is 4.21. The maximum atomic E-state index is 9.99. The fourth-order valence-corrected chi connectivity index (χ4v) is 1.40. The normalized spacial score (nSPS) is 23.4. The van der Waals surface area contributed by atoms with E-state index in [4.69, 9.17) is 5.11 Å². The Hall–Kier alpha value is -0.730. The number of hydrogen-bond acceptors (Lipinski definition) is 2. The Balaban J connectivity index is 2.21. The lowest BCUT2D eigenvalue weighted by atomic mass is 9.70. The fraction of sp³-hybridized carbons (Fsp3) is 0.857. The van der Waals surface area contributed by atoms with Gasteiger partial charge >= 0.3 is 6.16 Å². The summed E-state index contributed by atoms with van der Waals surface area (Å²) in [6, 6.07) is 0. The van der Waals surface area contributed by atoms with Crippen molar-refractivity contribution in [2.75, 3.05) is 0 Å². The first-order valence-corrected chi connectivity index (χ1v) is 3.39. The lowest BCUT2D eigenvalue weighted by Crippen LogP contribution is -2.38. The van der Waals surface area contributed by atoms with Gasteiger partial charge in [-0.25, -0.2) is 4.79 Å². The van der Waals surface area contributed by atoms with E-state index in [0.717, 1.165) is 12.8 Å². The first kappa shape index (κ1) is 7.38. The van der Waals surface area contributed by atoms with Gasteiger partial charge in [0.25, 0.3) is 0 Å². The van der Waals surface area contributed by atoms with Crippen LogP contribution in [-0.2, 0) is 4.74 Å². The predicted octanol–water partition coefficient (Wildman–Crippen LogP) is 1.87. The molecular formula is C7H12O3. The second kappa shape index (κ2) is 2.15. The van der Waals surface area contributed by atoms with Crippen molar-refractivity contribution in [1.82, 2.24) is 0 Å². The summed E-state index contributed by atoms with van der Waals surface area (Å²) in [5, 5.41) is 8.20. The Morgan fingerprint density at radius 2 is 2.10 bits per heavy atom. The van der Waals surface area contributed by atoms with Gasteiger partial charge in [-0.2, -0.15) is 0 Å². The molecule has 1 aliphatic carbocycles. The smallest absolute Gasteiger partial charge is 0.450 e. The summed E-state index contributed by atoms with van der Waals surface area (Å²) in [7, 11) is 0. The van der Waals surface area contributed by atoms with Crippen LogP contribution in [0.3, 0.4) is 0 Å². The topological polar surface area (TPSA) is 46.5 Å². The molecule has 1 N–H and O–H groups in total. The van der Waals surface area contributed by atoms with E-state index in [9.17, 15) is 4.79 Å². The summed E-state index contributed by atoms with van der Waals surface area (Å²) in [5.74, 6) is 0. The SMILES string of the molecule is CC1(C)CC(OC(=O)O)C1. The van der Waals surface area contributed by atoms with Crippen LogP contribution in [0, 0.1) is 5.41 Å². The average molecular weight is 144 g/mol. The van der Waals surface area contributed by atoms with Crippen LogP contribution in [0.4, 0.5) is 4.79 Å². The van der Waals surface area contributed by atoms with Crippen LogP contribution in [0.25, 0.3) is 0 Å². The van der Waals surface area contributed by atoms with Crippen LogP contribution in [0.15, 0.2) is 0 Å². The third-order valence-electron chi connectivity index (χ3n) is 1.83. The Bertz CT molecular complexity index is 143.